The van der Waals surface area contributed by atoms with Crippen molar-refractivity contribution in [1.82, 2.24) is 14.5 Å². The molecule has 0 N–H and O–H groups in total. The zero-order valence-corrected chi connectivity index (χ0v) is 13.6. The molecule has 1 aliphatic rings. The number of pyridine rings is 1. The molecule has 0 radical (unpaired) electrons. The van der Waals surface area contributed by atoms with Crippen molar-refractivity contribution in [1.29, 1.82) is 5.26 Å². The van der Waals surface area contributed by atoms with Gasteiger partial charge in [-0.1, -0.05) is 31.6 Å². The van der Waals surface area contributed by atoms with E-state index in [0.29, 0.717) is 17.4 Å². The molecule has 0 amide bonds. The summed E-state index contributed by atoms with van der Waals surface area (Å²) in [5, 5.41) is 9.11. The van der Waals surface area contributed by atoms with Gasteiger partial charge in [-0.15, -0.1) is 0 Å². The summed E-state index contributed by atoms with van der Waals surface area (Å²) < 4.78 is 15.4. The Hall–Kier alpha value is -2.74. The first-order valence-corrected chi connectivity index (χ1v) is 8.15. The highest BCUT2D eigenvalue weighted by Crippen LogP contribution is 2.29. The third-order valence-electron chi connectivity index (χ3n) is 4.28. The van der Waals surface area contributed by atoms with Gasteiger partial charge in [0.2, 0.25) is 5.95 Å². The van der Waals surface area contributed by atoms with Crippen molar-refractivity contribution in [2.45, 2.75) is 26.3 Å². The number of aromatic nitrogens is 3. The molecule has 4 nitrogen and oxygen atoms in total. The Morgan fingerprint density at radius 1 is 1.33 bits per heavy atom. The van der Waals surface area contributed by atoms with E-state index in [4.69, 9.17) is 5.26 Å². The molecule has 0 saturated carbocycles. The van der Waals surface area contributed by atoms with Crippen LogP contribution in [0, 0.1) is 29.1 Å². The highest BCUT2D eigenvalue weighted by atomic mass is 19.1. The average Bonchev–Trinajstić information content (AvgIpc) is 3.05. The molecule has 0 aliphatic heterocycles. The van der Waals surface area contributed by atoms with Crippen molar-refractivity contribution in [2.24, 2.45) is 11.8 Å². The van der Waals surface area contributed by atoms with Crippen molar-refractivity contribution < 1.29 is 4.39 Å². The summed E-state index contributed by atoms with van der Waals surface area (Å²) in [6, 6.07) is 6.94. The van der Waals surface area contributed by atoms with Gasteiger partial charge in [-0.25, -0.2) is 9.97 Å². The van der Waals surface area contributed by atoms with E-state index in [9.17, 15) is 4.39 Å². The minimum absolute atomic E-state index is 0.281. The molecule has 0 spiro atoms. The zero-order chi connectivity index (χ0) is 16.9. The van der Waals surface area contributed by atoms with Crippen LogP contribution in [0.1, 0.15) is 19.8 Å². The van der Waals surface area contributed by atoms with E-state index in [2.05, 4.69) is 35.1 Å². The van der Waals surface area contributed by atoms with E-state index < -0.39 is 5.95 Å². The summed E-state index contributed by atoms with van der Waals surface area (Å²) in [7, 11) is 0. The van der Waals surface area contributed by atoms with Crippen molar-refractivity contribution in [2.75, 3.05) is 0 Å². The largest absolute Gasteiger partial charge is 0.329 e. The number of rotatable bonds is 5. The lowest BCUT2D eigenvalue weighted by Crippen LogP contribution is -2.20. The van der Waals surface area contributed by atoms with E-state index in [-0.39, 0.29) is 5.92 Å². The molecule has 1 aliphatic carbocycles. The van der Waals surface area contributed by atoms with Crippen LogP contribution in [0.25, 0.3) is 11.5 Å². The summed E-state index contributed by atoms with van der Waals surface area (Å²) in [6.45, 7) is 2.87. The number of nitrogens with zero attached hydrogens (tertiary/aromatic N) is 4. The van der Waals surface area contributed by atoms with Crippen molar-refractivity contribution in [3.63, 3.8) is 0 Å². The summed E-state index contributed by atoms with van der Waals surface area (Å²) in [5.41, 5.74) is 1.25. The zero-order valence-electron chi connectivity index (χ0n) is 13.6. The molecule has 24 heavy (non-hydrogen) atoms. The molecule has 0 saturated heterocycles. The van der Waals surface area contributed by atoms with Crippen LogP contribution in [-0.2, 0) is 6.54 Å². The monoisotopic (exact) mass is 322 g/mol. The Balaban J connectivity index is 1.85. The molecule has 2 atom stereocenters. The quantitative estimate of drug-likeness (QED) is 0.778. The first-order valence-electron chi connectivity index (χ1n) is 8.15. The lowest BCUT2D eigenvalue weighted by molar-refractivity contribution is 0.387. The highest BCUT2D eigenvalue weighted by Gasteiger charge is 2.22. The average molecular weight is 322 g/mol. The Kier molecular flexibility index (Phi) is 4.85. The highest BCUT2D eigenvalue weighted by molar-refractivity contribution is 5.49. The van der Waals surface area contributed by atoms with Gasteiger partial charge < -0.3 is 4.57 Å². The van der Waals surface area contributed by atoms with Crippen LogP contribution >= 0.6 is 0 Å². The summed E-state index contributed by atoms with van der Waals surface area (Å²) in [4.78, 5) is 8.26. The van der Waals surface area contributed by atoms with Crippen LogP contribution in [0.15, 0.2) is 54.4 Å². The van der Waals surface area contributed by atoms with Gasteiger partial charge in [-0.2, -0.15) is 9.65 Å². The van der Waals surface area contributed by atoms with E-state index in [1.807, 2.05) is 16.8 Å². The molecule has 5 heteroatoms. The Morgan fingerprint density at radius 3 is 2.96 bits per heavy atom. The van der Waals surface area contributed by atoms with Crippen molar-refractivity contribution in [3.8, 4) is 17.6 Å². The fourth-order valence-corrected chi connectivity index (χ4v) is 3.13. The predicted octanol–water partition coefficient (Wildman–Crippen LogP) is 4.14. The van der Waals surface area contributed by atoms with Gasteiger partial charge in [0, 0.05) is 30.4 Å². The molecule has 2 aromatic rings. The van der Waals surface area contributed by atoms with Crippen LogP contribution in [0.4, 0.5) is 4.39 Å². The minimum Gasteiger partial charge on any atom is -0.329 e. The van der Waals surface area contributed by atoms with Gasteiger partial charge in [0.1, 0.15) is 5.69 Å². The third kappa shape index (κ3) is 3.43. The van der Waals surface area contributed by atoms with Gasteiger partial charge in [0.15, 0.2) is 5.82 Å². The second-order valence-electron chi connectivity index (χ2n) is 5.96. The minimum atomic E-state index is -0.509. The van der Waals surface area contributed by atoms with E-state index in [0.717, 1.165) is 25.0 Å². The second-order valence-corrected chi connectivity index (χ2v) is 5.96. The van der Waals surface area contributed by atoms with Crippen molar-refractivity contribution in [3.05, 3.63) is 60.3 Å². The molecule has 3 rings (SSSR count). The van der Waals surface area contributed by atoms with Crippen LogP contribution in [0.5, 0.6) is 0 Å². The maximum absolute atomic E-state index is 13.4. The first kappa shape index (κ1) is 16.1. The lowest BCUT2D eigenvalue weighted by Gasteiger charge is -2.25. The van der Waals surface area contributed by atoms with Gasteiger partial charge in [-0.3, -0.25) is 0 Å². The molecule has 0 aromatic carbocycles. The van der Waals surface area contributed by atoms with Gasteiger partial charge in [0.05, 0.1) is 6.07 Å². The summed E-state index contributed by atoms with van der Waals surface area (Å²) in [5.74, 6) is 0.757. The van der Waals surface area contributed by atoms with Crippen LogP contribution < -0.4 is 0 Å². The number of nitriles is 1. The topological polar surface area (TPSA) is 54.5 Å². The number of hydrogen-bond donors (Lipinski definition) is 0. The fraction of sp³-hybridized carbons (Fsp3) is 0.316. The normalized spacial score (nSPS) is 19.8. The van der Waals surface area contributed by atoms with Crippen LogP contribution in [0.3, 0.4) is 0 Å². The maximum Gasteiger partial charge on any atom is 0.213 e. The second kappa shape index (κ2) is 7.22. The van der Waals surface area contributed by atoms with Crippen molar-refractivity contribution >= 4 is 0 Å². The molecule has 0 fully saturated rings. The number of halogens is 1. The first-order chi connectivity index (χ1) is 11.7. The maximum atomic E-state index is 13.4. The summed E-state index contributed by atoms with van der Waals surface area (Å²) >= 11 is 0. The molecular formula is C19H19FN4. The molecule has 122 valence electrons. The smallest absolute Gasteiger partial charge is 0.213 e. The molecule has 2 heterocycles. The van der Waals surface area contributed by atoms with Gasteiger partial charge in [-0.05, 0) is 30.5 Å². The molecular weight excluding hydrogens is 303 g/mol. The molecule has 2 aromatic heterocycles. The van der Waals surface area contributed by atoms with Crippen LogP contribution in [-0.4, -0.2) is 14.5 Å². The van der Waals surface area contributed by atoms with Gasteiger partial charge >= 0.3 is 0 Å². The lowest BCUT2D eigenvalue weighted by atomic mass is 9.83. The van der Waals surface area contributed by atoms with E-state index in [1.165, 1.54) is 6.07 Å². The fourth-order valence-electron chi connectivity index (χ4n) is 3.13. The third-order valence-corrected chi connectivity index (χ3v) is 4.28. The predicted molar refractivity (Wildman–Crippen MR) is 90.1 cm³/mol. The number of hydrogen-bond acceptors (Lipinski definition) is 3. The van der Waals surface area contributed by atoms with Crippen LogP contribution in [0.2, 0.25) is 0 Å². The summed E-state index contributed by atoms with van der Waals surface area (Å²) in [6.07, 6.45) is 11.7. The van der Waals surface area contributed by atoms with E-state index >= 15 is 0 Å². The SMILES string of the molecule is CCCC1C=C(C#N)C=CC1Cn1ccnc1-c1cccc(F)n1. The Bertz CT molecular complexity index is 813. The number of imidazole rings is 1. The van der Waals surface area contributed by atoms with E-state index in [1.54, 1.807) is 18.3 Å². The van der Waals surface area contributed by atoms with Gasteiger partial charge in [0.25, 0.3) is 0 Å². The molecule has 0 bridgehead atoms. The number of allylic oxidation sites excluding steroid dienone is 4. The Labute approximate surface area is 141 Å². The Morgan fingerprint density at radius 2 is 2.21 bits per heavy atom. The standard InChI is InChI=1S/C19H19FN4/c1-2-4-15-11-14(12-21)7-8-16(15)13-24-10-9-22-19(24)17-5-3-6-18(20)23-17/h3,5-11,15-16H,2,4,13H2,1H3. The molecule has 2 unspecified atom stereocenters.